The predicted molar refractivity (Wildman–Crippen MR) is 129 cm³/mol. The number of benzene rings is 1. The molecule has 10 heteroatoms. The number of amides is 2. The number of aromatic nitrogens is 5. The second kappa shape index (κ2) is 10.2. The molecule has 0 saturated heterocycles. The van der Waals surface area contributed by atoms with Gasteiger partial charge in [0.15, 0.2) is 0 Å². The molecule has 3 heterocycles. The average molecular weight is 462 g/mol. The highest BCUT2D eigenvalue weighted by Crippen LogP contribution is 2.30. The largest absolute Gasteiger partial charge is 0.474 e. The third-order valence-electron chi connectivity index (χ3n) is 5.11. The van der Waals surface area contributed by atoms with Crippen LogP contribution in [0.5, 0.6) is 5.88 Å². The number of nitrogens with one attached hydrogen (secondary N) is 2. The Morgan fingerprint density at radius 2 is 1.85 bits per heavy atom. The molecule has 0 bridgehead atoms. The number of urea groups is 1. The van der Waals surface area contributed by atoms with E-state index in [1.54, 1.807) is 34.8 Å². The number of carbonyl (C=O) groups is 1. The molecule has 0 atom stereocenters. The molecule has 0 aliphatic heterocycles. The van der Waals surface area contributed by atoms with E-state index in [-0.39, 0.29) is 0 Å². The Morgan fingerprint density at radius 3 is 2.56 bits per heavy atom. The fourth-order valence-electron chi connectivity index (χ4n) is 3.44. The predicted octanol–water partition coefficient (Wildman–Crippen LogP) is 3.95. The monoisotopic (exact) mass is 461 g/mol. The summed E-state index contributed by atoms with van der Waals surface area (Å²) in [6.45, 7) is 4.50. The molecule has 0 spiro atoms. The van der Waals surface area contributed by atoms with Gasteiger partial charge in [-0.15, -0.1) is 0 Å². The molecule has 176 valence electrons. The van der Waals surface area contributed by atoms with Crippen molar-refractivity contribution in [2.75, 3.05) is 31.0 Å². The third-order valence-corrected chi connectivity index (χ3v) is 5.11. The summed E-state index contributed by atoms with van der Waals surface area (Å²) in [7, 11) is 3.44. The van der Waals surface area contributed by atoms with E-state index in [1.807, 2.05) is 57.4 Å². The molecule has 0 saturated carbocycles. The lowest BCUT2D eigenvalue weighted by atomic mass is 10.1. The Bertz CT molecular complexity index is 1280. The second-order valence-electron chi connectivity index (χ2n) is 7.70. The van der Waals surface area contributed by atoms with Gasteiger partial charge in [0, 0.05) is 37.2 Å². The first kappa shape index (κ1) is 23.0. The van der Waals surface area contributed by atoms with Crippen molar-refractivity contribution in [3.8, 4) is 22.8 Å². The Kier molecular flexibility index (Phi) is 6.88. The van der Waals surface area contributed by atoms with Crippen LogP contribution in [0.1, 0.15) is 11.3 Å². The zero-order valence-electron chi connectivity index (χ0n) is 19.6. The van der Waals surface area contributed by atoms with Crippen LogP contribution in [0.3, 0.4) is 0 Å². The smallest absolute Gasteiger partial charge is 0.325 e. The Hall–Kier alpha value is -4.18. The normalized spacial score (nSPS) is 10.8. The zero-order valence-corrected chi connectivity index (χ0v) is 19.6. The number of pyridine rings is 1. The van der Waals surface area contributed by atoms with Gasteiger partial charge in [-0.05, 0) is 38.1 Å². The van der Waals surface area contributed by atoms with Crippen molar-refractivity contribution in [3.05, 3.63) is 66.1 Å². The van der Waals surface area contributed by atoms with Crippen molar-refractivity contribution in [2.45, 2.75) is 13.8 Å². The van der Waals surface area contributed by atoms with Crippen LogP contribution in [0.2, 0.25) is 0 Å². The van der Waals surface area contributed by atoms with Gasteiger partial charge < -0.3 is 14.8 Å². The number of ether oxygens (including phenoxy) is 2. The van der Waals surface area contributed by atoms with Gasteiger partial charge in [0.2, 0.25) is 5.88 Å². The van der Waals surface area contributed by atoms with Crippen LogP contribution < -0.4 is 15.4 Å². The van der Waals surface area contributed by atoms with Gasteiger partial charge in [-0.3, -0.25) is 10.00 Å². The van der Waals surface area contributed by atoms with E-state index in [0.29, 0.717) is 30.6 Å². The highest BCUT2D eigenvalue weighted by molar-refractivity contribution is 6.01. The molecule has 0 radical (unpaired) electrons. The fraction of sp³-hybridized carbons (Fsp3) is 0.250. The standard InChI is InChI=1S/C24H27N7O3/c1-16-10-11-20(23(26-16)34-13-12-33-4)27-24(32)28-22-17(2)21(18-14-25-30(3)15-18)29-31(22)19-8-6-5-7-9-19/h5-11,14-15H,12-13H2,1-4H3,(H2,27,28,32). The fourth-order valence-corrected chi connectivity index (χ4v) is 3.44. The summed E-state index contributed by atoms with van der Waals surface area (Å²) in [6.07, 6.45) is 3.63. The van der Waals surface area contributed by atoms with E-state index in [0.717, 1.165) is 28.2 Å². The highest BCUT2D eigenvalue weighted by Gasteiger charge is 2.20. The maximum absolute atomic E-state index is 13.0. The summed E-state index contributed by atoms with van der Waals surface area (Å²) in [5.41, 5.74) is 4.44. The summed E-state index contributed by atoms with van der Waals surface area (Å²) >= 11 is 0. The lowest BCUT2D eigenvalue weighted by Gasteiger charge is -2.14. The molecule has 4 rings (SSSR count). The molecule has 0 fully saturated rings. The first-order valence-electron chi connectivity index (χ1n) is 10.8. The number of methoxy groups -OCH3 is 1. The van der Waals surface area contributed by atoms with Gasteiger partial charge in [-0.2, -0.15) is 10.2 Å². The number of hydrogen-bond donors (Lipinski definition) is 2. The lowest BCUT2D eigenvalue weighted by Crippen LogP contribution is -2.22. The summed E-state index contributed by atoms with van der Waals surface area (Å²) in [5.74, 6) is 0.876. The van der Waals surface area contributed by atoms with E-state index >= 15 is 0 Å². The Labute approximate surface area is 197 Å². The van der Waals surface area contributed by atoms with Crippen LogP contribution in [0, 0.1) is 13.8 Å². The maximum Gasteiger partial charge on any atom is 0.325 e. The molecule has 10 nitrogen and oxygen atoms in total. The van der Waals surface area contributed by atoms with Crippen molar-refractivity contribution < 1.29 is 14.3 Å². The molecule has 3 aromatic heterocycles. The van der Waals surface area contributed by atoms with Crippen molar-refractivity contribution >= 4 is 17.5 Å². The van der Waals surface area contributed by atoms with Crippen molar-refractivity contribution in [2.24, 2.45) is 7.05 Å². The first-order chi connectivity index (χ1) is 16.5. The van der Waals surface area contributed by atoms with E-state index in [9.17, 15) is 4.79 Å². The van der Waals surface area contributed by atoms with Crippen LogP contribution in [0.25, 0.3) is 16.9 Å². The number of para-hydroxylation sites is 1. The molecule has 1 aromatic carbocycles. The Balaban J connectivity index is 1.63. The van der Waals surface area contributed by atoms with Gasteiger partial charge in [0.25, 0.3) is 0 Å². The number of hydrogen-bond acceptors (Lipinski definition) is 6. The molecule has 2 amide bonds. The quantitative estimate of drug-likeness (QED) is 0.385. The molecular formula is C24H27N7O3. The highest BCUT2D eigenvalue weighted by atomic mass is 16.5. The number of anilines is 2. The molecule has 0 aliphatic rings. The van der Waals surface area contributed by atoms with E-state index in [4.69, 9.17) is 14.6 Å². The number of carbonyl (C=O) groups excluding carboxylic acids is 1. The van der Waals surface area contributed by atoms with Crippen LogP contribution in [0.4, 0.5) is 16.3 Å². The van der Waals surface area contributed by atoms with Crippen molar-refractivity contribution in [3.63, 3.8) is 0 Å². The SMILES string of the molecule is COCCOc1nc(C)ccc1NC(=O)Nc1c(C)c(-c2cnn(C)c2)nn1-c1ccccc1. The minimum atomic E-state index is -0.444. The summed E-state index contributed by atoms with van der Waals surface area (Å²) in [4.78, 5) is 17.4. The van der Waals surface area contributed by atoms with Crippen LogP contribution in [-0.4, -0.2) is 50.9 Å². The number of aryl methyl sites for hydroxylation is 2. The minimum Gasteiger partial charge on any atom is -0.474 e. The zero-order chi connectivity index (χ0) is 24.1. The van der Waals surface area contributed by atoms with E-state index in [1.165, 1.54) is 0 Å². The third kappa shape index (κ3) is 5.07. The van der Waals surface area contributed by atoms with Crippen LogP contribution in [0.15, 0.2) is 54.9 Å². The van der Waals surface area contributed by atoms with E-state index in [2.05, 4.69) is 20.7 Å². The van der Waals surface area contributed by atoms with Gasteiger partial charge in [-0.25, -0.2) is 14.5 Å². The second-order valence-corrected chi connectivity index (χ2v) is 7.70. The molecule has 2 N–H and O–H groups in total. The average Bonchev–Trinajstić information content (AvgIpc) is 3.39. The molecule has 0 aliphatic carbocycles. The summed E-state index contributed by atoms with van der Waals surface area (Å²) < 4.78 is 14.1. The maximum atomic E-state index is 13.0. The minimum absolute atomic E-state index is 0.317. The topological polar surface area (TPSA) is 108 Å². The summed E-state index contributed by atoms with van der Waals surface area (Å²) in [6, 6.07) is 12.7. The van der Waals surface area contributed by atoms with E-state index < -0.39 is 6.03 Å². The van der Waals surface area contributed by atoms with Gasteiger partial charge in [0.1, 0.15) is 23.8 Å². The Morgan fingerprint density at radius 1 is 1.06 bits per heavy atom. The number of rotatable bonds is 8. The molecule has 34 heavy (non-hydrogen) atoms. The molecule has 0 unspecified atom stereocenters. The van der Waals surface area contributed by atoms with Gasteiger partial charge >= 0.3 is 6.03 Å². The van der Waals surface area contributed by atoms with Crippen LogP contribution >= 0.6 is 0 Å². The first-order valence-corrected chi connectivity index (χ1v) is 10.8. The molecule has 4 aromatic rings. The van der Waals surface area contributed by atoms with Crippen LogP contribution in [-0.2, 0) is 11.8 Å². The summed E-state index contributed by atoms with van der Waals surface area (Å²) in [5, 5.41) is 14.8. The molecular weight excluding hydrogens is 434 g/mol. The van der Waals surface area contributed by atoms with Crippen molar-refractivity contribution in [1.82, 2.24) is 24.5 Å². The number of nitrogens with zero attached hydrogens (tertiary/aromatic N) is 5. The van der Waals surface area contributed by atoms with Crippen molar-refractivity contribution in [1.29, 1.82) is 0 Å². The van der Waals surface area contributed by atoms with Gasteiger partial charge in [-0.1, -0.05) is 18.2 Å². The lowest BCUT2D eigenvalue weighted by molar-refractivity contribution is 0.144. The van der Waals surface area contributed by atoms with Gasteiger partial charge in [0.05, 0.1) is 18.5 Å².